The zero-order valence-electron chi connectivity index (χ0n) is 15.0. The Labute approximate surface area is 146 Å². The summed E-state index contributed by atoms with van der Waals surface area (Å²) in [6.07, 6.45) is 3.35. The summed E-state index contributed by atoms with van der Waals surface area (Å²) in [6, 6.07) is 16.3. The number of benzene rings is 2. The first-order valence-corrected chi connectivity index (χ1v) is 8.92. The van der Waals surface area contributed by atoms with Crippen LogP contribution in [-0.2, 0) is 0 Å². The highest BCUT2D eigenvalue weighted by Crippen LogP contribution is 2.20. The van der Waals surface area contributed by atoms with Gasteiger partial charge in [-0.15, -0.1) is 0 Å². The van der Waals surface area contributed by atoms with Gasteiger partial charge < -0.3 is 14.8 Å². The van der Waals surface area contributed by atoms with E-state index in [1.165, 1.54) is 5.56 Å². The van der Waals surface area contributed by atoms with Crippen LogP contribution in [0.2, 0.25) is 0 Å². The molecule has 0 heterocycles. The molecule has 0 spiro atoms. The van der Waals surface area contributed by atoms with E-state index in [0.29, 0.717) is 0 Å². The summed E-state index contributed by atoms with van der Waals surface area (Å²) in [7, 11) is 0. The van der Waals surface area contributed by atoms with E-state index < -0.39 is 0 Å². The summed E-state index contributed by atoms with van der Waals surface area (Å²) in [5.41, 5.74) is 2.26. The molecule has 0 amide bonds. The summed E-state index contributed by atoms with van der Waals surface area (Å²) >= 11 is 0. The minimum atomic E-state index is 0.145. The number of rotatable bonds is 10. The van der Waals surface area contributed by atoms with Crippen LogP contribution in [0.1, 0.15) is 38.7 Å². The second-order valence-corrected chi connectivity index (χ2v) is 6.02. The molecule has 1 N–H and O–H groups in total. The predicted molar refractivity (Wildman–Crippen MR) is 101 cm³/mol. The van der Waals surface area contributed by atoms with Gasteiger partial charge in [0.2, 0.25) is 0 Å². The molecule has 0 saturated heterocycles. The summed E-state index contributed by atoms with van der Waals surface area (Å²) in [5, 5.41) is 3.45. The van der Waals surface area contributed by atoms with Crippen LogP contribution >= 0.6 is 0 Å². The molecule has 0 aliphatic carbocycles. The fourth-order valence-electron chi connectivity index (χ4n) is 2.37. The van der Waals surface area contributed by atoms with E-state index in [0.717, 1.165) is 49.6 Å². The van der Waals surface area contributed by atoms with Crippen molar-refractivity contribution >= 4 is 5.69 Å². The summed E-state index contributed by atoms with van der Waals surface area (Å²) in [4.78, 5) is 0. The molecule has 0 aromatic heterocycles. The number of anilines is 1. The third kappa shape index (κ3) is 5.80. The van der Waals surface area contributed by atoms with Crippen molar-refractivity contribution < 1.29 is 9.47 Å². The third-order valence-electron chi connectivity index (χ3n) is 4.00. The number of aryl methyl sites for hydroxylation is 1. The van der Waals surface area contributed by atoms with E-state index in [1.807, 2.05) is 30.3 Å². The summed E-state index contributed by atoms with van der Waals surface area (Å²) in [5.74, 6) is 1.89. The highest BCUT2D eigenvalue weighted by molar-refractivity contribution is 5.46. The maximum absolute atomic E-state index is 6.12. The van der Waals surface area contributed by atoms with Gasteiger partial charge in [-0.2, -0.15) is 0 Å². The largest absolute Gasteiger partial charge is 0.494 e. The van der Waals surface area contributed by atoms with Crippen molar-refractivity contribution in [2.45, 2.75) is 46.1 Å². The van der Waals surface area contributed by atoms with Gasteiger partial charge in [0.05, 0.1) is 13.2 Å². The van der Waals surface area contributed by atoms with Crippen LogP contribution in [0.15, 0.2) is 48.5 Å². The van der Waals surface area contributed by atoms with E-state index in [2.05, 4.69) is 44.3 Å². The van der Waals surface area contributed by atoms with Crippen molar-refractivity contribution in [3.63, 3.8) is 0 Å². The Morgan fingerprint density at radius 1 is 1.00 bits per heavy atom. The molecule has 0 saturated carbocycles. The van der Waals surface area contributed by atoms with Crippen LogP contribution < -0.4 is 14.8 Å². The zero-order valence-corrected chi connectivity index (χ0v) is 15.0. The van der Waals surface area contributed by atoms with Gasteiger partial charge in [0.25, 0.3) is 0 Å². The lowest BCUT2D eigenvalue weighted by atomic mass is 10.2. The van der Waals surface area contributed by atoms with Gasteiger partial charge in [-0.1, -0.05) is 38.5 Å². The van der Waals surface area contributed by atoms with E-state index in [1.54, 1.807) is 0 Å². The SMILES string of the molecule is CCCCOc1ccc(NCC(CC)Oc2ccccc2C)cc1. The number of ether oxygens (including phenoxy) is 2. The first kappa shape index (κ1) is 18.2. The Kier molecular flexibility index (Phi) is 7.47. The third-order valence-corrected chi connectivity index (χ3v) is 4.00. The molecular formula is C21H29NO2. The Hall–Kier alpha value is -2.16. The number of nitrogens with one attached hydrogen (secondary N) is 1. The van der Waals surface area contributed by atoms with E-state index in [9.17, 15) is 0 Å². The number of hydrogen-bond acceptors (Lipinski definition) is 3. The average molecular weight is 327 g/mol. The number of unbranched alkanes of at least 4 members (excludes halogenated alkanes) is 1. The van der Waals surface area contributed by atoms with Gasteiger partial charge in [0.15, 0.2) is 0 Å². The zero-order chi connectivity index (χ0) is 17.2. The monoisotopic (exact) mass is 327 g/mol. The van der Waals surface area contributed by atoms with Crippen LogP contribution in [-0.4, -0.2) is 19.3 Å². The van der Waals surface area contributed by atoms with Crippen LogP contribution in [0, 0.1) is 6.92 Å². The molecule has 2 rings (SSSR count). The molecule has 1 atom stereocenters. The first-order valence-electron chi connectivity index (χ1n) is 8.92. The maximum atomic E-state index is 6.12. The van der Waals surface area contributed by atoms with Crippen molar-refractivity contribution in [2.24, 2.45) is 0 Å². The predicted octanol–water partition coefficient (Wildman–Crippen LogP) is 5.44. The molecule has 1 unspecified atom stereocenters. The van der Waals surface area contributed by atoms with Gasteiger partial charge in [-0.25, -0.2) is 0 Å². The van der Waals surface area contributed by atoms with Gasteiger partial charge in [-0.05, 0) is 55.7 Å². The fraction of sp³-hybridized carbons (Fsp3) is 0.429. The quantitative estimate of drug-likeness (QED) is 0.589. The summed E-state index contributed by atoms with van der Waals surface area (Å²) < 4.78 is 11.8. The Balaban J connectivity index is 1.83. The lowest BCUT2D eigenvalue weighted by molar-refractivity contribution is 0.208. The fourth-order valence-corrected chi connectivity index (χ4v) is 2.37. The van der Waals surface area contributed by atoms with Crippen LogP contribution in [0.4, 0.5) is 5.69 Å². The highest BCUT2D eigenvalue weighted by Gasteiger charge is 2.09. The van der Waals surface area contributed by atoms with E-state index in [4.69, 9.17) is 9.47 Å². The smallest absolute Gasteiger partial charge is 0.122 e. The lowest BCUT2D eigenvalue weighted by Crippen LogP contribution is -2.25. The Morgan fingerprint density at radius 3 is 2.42 bits per heavy atom. The van der Waals surface area contributed by atoms with Crippen molar-refractivity contribution in [1.29, 1.82) is 0 Å². The second kappa shape index (κ2) is 9.86. The molecule has 3 heteroatoms. The molecule has 0 fully saturated rings. The molecule has 2 aromatic carbocycles. The lowest BCUT2D eigenvalue weighted by Gasteiger charge is -2.20. The Bertz CT molecular complexity index is 595. The summed E-state index contributed by atoms with van der Waals surface area (Å²) in [6.45, 7) is 7.95. The van der Waals surface area contributed by atoms with Crippen molar-refractivity contribution in [2.75, 3.05) is 18.5 Å². The van der Waals surface area contributed by atoms with E-state index in [-0.39, 0.29) is 6.10 Å². The first-order chi connectivity index (χ1) is 11.7. The molecule has 2 aromatic rings. The van der Waals surface area contributed by atoms with Gasteiger partial charge >= 0.3 is 0 Å². The molecule has 0 bridgehead atoms. The van der Waals surface area contributed by atoms with Crippen LogP contribution in [0.3, 0.4) is 0 Å². The van der Waals surface area contributed by atoms with Crippen molar-refractivity contribution in [3.8, 4) is 11.5 Å². The Morgan fingerprint density at radius 2 is 1.75 bits per heavy atom. The van der Waals surface area contributed by atoms with E-state index >= 15 is 0 Å². The van der Waals surface area contributed by atoms with Crippen LogP contribution in [0.5, 0.6) is 11.5 Å². The highest BCUT2D eigenvalue weighted by atomic mass is 16.5. The molecule has 24 heavy (non-hydrogen) atoms. The standard InChI is InChI=1S/C21H29NO2/c1-4-6-15-23-20-13-11-18(12-14-20)22-16-19(5-2)24-21-10-8-7-9-17(21)3/h7-14,19,22H,4-6,15-16H2,1-3H3. The van der Waals surface area contributed by atoms with Gasteiger partial charge in [0.1, 0.15) is 17.6 Å². The molecule has 0 aliphatic heterocycles. The van der Waals surface area contributed by atoms with Gasteiger partial charge in [0, 0.05) is 5.69 Å². The maximum Gasteiger partial charge on any atom is 0.122 e. The number of para-hydroxylation sites is 1. The topological polar surface area (TPSA) is 30.5 Å². The van der Waals surface area contributed by atoms with Crippen molar-refractivity contribution in [3.05, 3.63) is 54.1 Å². The molecule has 0 aliphatic rings. The van der Waals surface area contributed by atoms with Crippen LogP contribution in [0.25, 0.3) is 0 Å². The minimum Gasteiger partial charge on any atom is -0.494 e. The van der Waals surface area contributed by atoms with Crippen molar-refractivity contribution in [1.82, 2.24) is 0 Å². The molecule has 130 valence electrons. The molecular weight excluding hydrogens is 298 g/mol. The number of hydrogen-bond donors (Lipinski definition) is 1. The second-order valence-electron chi connectivity index (χ2n) is 6.02. The minimum absolute atomic E-state index is 0.145. The normalized spacial score (nSPS) is 11.8. The molecule has 0 radical (unpaired) electrons. The van der Waals surface area contributed by atoms with Gasteiger partial charge in [-0.3, -0.25) is 0 Å². The average Bonchev–Trinajstić information content (AvgIpc) is 2.61. The molecule has 3 nitrogen and oxygen atoms in total.